The summed E-state index contributed by atoms with van der Waals surface area (Å²) in [6.45, 7) is 31.2. The first-order valence-electron chi connectivity index (χ1n) is 17.7. The normalized spacial score (nSPS) is 37.9. The summed E-state index contributed by atoms with van der Waals surface area (Å²) in [7, 11) is -1.73. The molecule has 0 aromatic carbocycles. The average molecular weight is 601 g/mol. The lowest BCUT2D eigenvalue weighted by Crippen LogP contribution is -2.52. The molecule has 3 fully saturated rings. The van der Waals surface area contributed by atoms with Crippen molar-refractivity contribution in [3.63, 3.8) is 0 Å². The van der Waals surface area contributed by atoms with Crippen molar-refractivity contribution in [2.45, 2.75) is 164 Å². The summed E-state index contributed by atoms with van der Waals surface area (Å²) in [6, 6.07) is 0. The maximum atomic E-state index is 6.97. The molecule has 0 aliphatic heterocycles. The Morgan fingerprint density at radius 2 is 1.64 bits per heavy atom. The van der Waals surface area contributed by atoms with E-state index >= 15 is 0 Å². The lowest BCUT2D eigenvalue weighted by Gasteiger charge is -2.59. The van der Waals surface area contributed by atoms with Gasteiger partial charge in [0.15, 0.2) is 14.6 Å². The molecule has 10 atom stereocenters. The molecule has 242 valence electrons. The van der Waals surface area contributed by atoms with Crippen LogP contribution in [0.5, 0.6) is 0 Å². The van der Waals surface area contributed by atoms with Crippen molar-refractivity contribution in [3.05, 3.63) is 23.8 Å². The van der Waals surface area contributed by atoms with E-state index in [0.29, 0.717) is 35.4 Å². The molecule has 0 aromatic rings. The monoisotopic (exact) mass is 600 g/mol. The third kappa shape index (κ3) is 6.58. The number of hydrogen-bond acceptors (Lipinski definition) is 3. The summed E-state index contributed by atoms with van der Waals surface area (Å²) < 4.78 is 18.9. The van der Waals surface area contributed by atoms with Crippen molar-refractivity contribution >= 4 is 8.32 Å². The van der Waals surface area contributed by atoms with Crippen LogP contribution in [0.2, 0.25) is 18.1 Å². The molecule has 0 radical (unpaired) electrons. The van der Waals surface area contributed by atoms with Gasteiger partial charge < -0.3 is 13.9 Å². The van der Waals surface area contributed by atoms with Gasteiger partial charge in [-0.2, -0.15) is 0 Å². The Morgan fingerprint density at radius 3 is 2.29 bits per heavy atom. The van der Waals surface area contributed by atoms with Crippen molar-refractivity contribution in [1.82, 2.24) is 0 Å². The maximum absolute atomic E-state index is 6.97. The Hall–Kier alpha value is -0.423. The molecule has 3 nitrogen and oxygen atoms in total. The van der Waals surface area contributed by atoms with E-state index in [1.165, 1.54) is 51.4 Å². The topological polar surface area (TPSA) is 27.7 Å². The molecule has 4 heteroatoms. The number of ether oxygens (including phenoxy) is 2. The summed E-state index contributed by atoms with van der Waals surface area (Å²) in [5, 5.41) is 0.281. The standard InChI is InChI=1S/C38H68O3Si/c1-14-39-28(4)40-36(8,9)27(3)16-15-26(2)32-19-20-33-31-18-17-29-25-30(41-42(12,13)35(5,6)7)21-23-37(29,10)34(31)22-24-38(32,33)11/h15-17,26-28,30-34H,14,18-25H2,1-13H3/b16-15+/t26-,27-,28?,30-,31-,32+,33-,34-,37-,38+/m0/s1. The van der Waals surface area contributed by atoms with Gasteiger partial charge in [-0.15, -0.1) is 0 Å². The molecule has 0 amide bonds. The maximum Gasteiger partial charge on any atom is 0.192 e. The van der Waals surface area contributed by atoms with E-state index in [4.69, 9.17) is 13.9 Å². The highest BCUT2D eigenvalue weighted by Gasteiger charge is 2.59. The molecule has 0 aromatic heterocycles. The lowest BCUT2D eigenvalue weighted by molar-refractivity contribution is -0.198. The Bertz CT molecular complexity index is 991. The highest BCUT2D eigenvalue weighted by atomic mass is 28.4. The molecule has 0 spiro atoms. The quantitative estimate of drug-likeness (QED) is 0.142. The Labute approximate surface area is 262 Å². The molecular formula is C38H68O3Si. The minimum atomic E-state index is -1.73. The molecule has 4 aliphatic carbocycles. The predicted molar refractivity (Wildman–Crippen MR) is 181 cm³/mol. The molecule has 4 rings (SSSR count). The highest BCUT2D eigenvalue weighted by Crippen LogP contribution is 2.67. The van der Waals surface area contributed by atoms with Crippen LogP contribution >= 0.6 is 0 Å². The van der Waals surface area contributed by atoms with Gasteiger partial charge in [-0.25, -0.2) is 0 Å². The van der Waals surface area contributed by atoms with Crippen LogP contribution in [0, 0.1) is 46.3 Å². The second kappa shape index (κ2) is 12.4. The van der Waals surface area contributed by atoms with Crippen molar-refractivity contribution in [2.75, 3.05) is 6.61 Å². The largest absolute Gasteiger partial charge is 0.414 e. The van der Waals surface area contributed by atoms with Crippen LogP contribution in [0.25, 0.3) is 0 Å². The third-order valence-corrected chi connectivity index (χ3v) is 18.2. The molecule has 0 bridgehead atoms. The Kier molecular flexibility index (Phi) is 10.2. The van der Waals surface area contributed by atoms with Gasteiger partial charge in [-0.3, -0.25) is 0 Å². The zero-order chi connectivity index (χ0) is 31.3. The van der Waals surface area contributed by atoms with E-state index in [-0.39, 0.29) is 16.9 Å². The molecular weight excluding hydrogens is 533 g/mol. The van der Waals surface area contributed by atoms with Gasteiger partial charge in [0.05, 0.1) is 5.60 Å². The van der Waals surface area contributed by atoms with Crippen molar-refractivity contribution in [3.8, 4) is 0 Å². The van der Waals surface area contributed by atoms with Crippen LogP contribution < -0.4 is 0 Å². The first-order chi connectivity index (χ1) is 19.4. The van der Waals surface area contributed by atoms with Gasteiger partial charge in [0.1, 0.15) is 0 Å². The smallest absolute Gasteiger partial charge is 0.192 e. The fraction of sp³-hybridized carbons (Fsp3) is 0.895. The summed E-state index contributed by atoms with van der Waals surface area (Å²) >= 11 is 0. The lowest BCUT2D eigenvalue weighted by atomic mass is 9.47. The Balaban J connectivity index is 1.43. The van der Waals surface area contributed by atoms with Crippen LogP contribution in [-0.4, -0.2) is 32.9 Å². The van der Waals surface area contributed by atoms with E-state index in [1.807, 2.05) is 13.8 Å². The van der Waals surface area contributed by atoms with Gasteiger partial charge in [-0.05, 0) is 138 Å². The minimum Gasteiger partial charge on any atom is -0.414 e. The van der Waals surface area contributed by atoms with E-state index in [9.17, 15) is 0 Å². The van der Waals surface area contributed by atoms with Crippen LogP contribution in [0.15, 0.2) is 23.8 Å². The highest BCUT2D eigenvalue weighted by molar-refractivity contribution is 6.74. The predicted octanol–water partition coefficient (Wildman–Crippen LogP) is 11.0. The number of allylic oxidation sites excluding steroid dienone is 2. The van der Waals surface area contributed by atoms with Gasteiger partial charge in [0.25, 0.3) is 0 Å². The summed E-state index contributed by atoms with van der Waals surface area (Å²) in [5.41, 5.74) is 2.36. The fourth-order valence-corrected chi connectivity index (χ4v) is 11.1. The molecule has 1 unspecified atom stereocenters. The first kappa shape index (κ1) is 34.5. The molecule has 0 heterocycles. The zero-order valence-corrected chi connectivity index (χ0v) is 30.9. The Morgan fingerprint density at radius 1 is 0.952 bits per heavy atom. The van der Waals surface area contributed by atoms with Crippen LogP contribution in [-0.2, 0) is 13.9 Å². The van der Waals surface area contributed by atoms with Gasteiger partial charge in [-0.1, -0.05) is 72.3 Å². The molecule has 0 N–H and O–H groups in total. The summed E-state index contributed by atoms with van der Waals surface area (Å²) in [5.74, 6) is 4.32. The van der Waals surface area contributed by atoms with Crippen LogP contribution in [0.1, 0.15) is 128 Å². The van der Waals surface area contributed by atoms with Crippen molar-refractivity contribution in [1.29, 1.82) is 0 Å². The number of fused-ring (bicyclic) bond motifs is 5. The van der Waals surface area contributed by atoms with Crippen LogP contribution in [0.3, 0.4) is 0 Å². The second-order valence-electron chi connectivity index (χ2n) is 17.5. The average Bonchev–Trinajstić information content (AvgIpc) is 3.23. The summed E-state index contributed by atoms with van der Waals surface area (Å²) in [4.78, 5) is 0. The molecule has 42 heavy (non-hydrogen) atoms. The van der Waals surface area contributed by atoms with E-state index < -0.39 is 8.32 Å². The second-order valence-corrected chi connectivity index (χ2v) is 22.3. The third-order valence-electron chi connectivity index (χ3n) is 13.7. The fourth-order valence-electron chi connectivity index (χ4n) is 9.74. The van der Waals surface area contributed by atoms with Gasteiger partial charge in [0, 0.05) is 18.6 Å². The molecule has 3 saturated carbocycles. The SMILES string of the molecule is CCOC(C)OC(C)(C)[C@@H](C)/C=C/[C@H](C)[C@H]1CC[C@H]2[C@@H]3CC=C4C[C@@H](O[Si](C)(C)C(C)(C)C)CC[C@]4(C)[C@H]3CC[C@]12C. The summed E-state index contributed by atoms with van der Waals surface area (Å²) in [6.07, 6.45) is 18.6. The van der Waals surface area contributed by atoms with E-state index in [0.717, 1.165) is 23.7 Å². The minimum absolute atomic E-state index is 0.172. The molecule has 0 saturated heterocycles. The van der Waals surface area contributed by atoms with Crippen molar-refractivity contribution in [2.24, 2.45) is 46.3 Å². The van der Waals surface area contributed by atoms with Gasteiger partial charge in [0.2, 0.25) is 0 Å². The first-order valence-corrected chi connectivity index (χ1v) is 20.6. The number of hydrogen-bond donors (Lipinski definition) is 0. The number of rotatable bonds is 10. The molecule has 4 aliphatic rings. The van der Waals surface area contributed by atoms with Crippen LogP contribution in [0.4, 0.5) is 0 Å². The van der Waals surface area contributed by atoms with E-state index in [2.05, 4.69) is 93.6 Å². The zero-order valence-electron chi connectivity index (χ0n) is 29.9. The van der Waals surface area contributed by atoms with E-state index in [1.54, 1.807) is 5.57 Å². The van der Waals surface area contributed by atoms with Crippen molar-refractivity contribution < 1.29 is 13.9 Å². The van der Waals surface area contributed by atoms with Gasteiger partial charge >= 0.3 is 0 Å².